The van der Waals surface area contributed by atoms with Gasteiger partial charge in [0.15, 0.2) is 0 Å². The van der Waals surface area contributed by atoms with Crippen molar-refractivity contribution in [2.24, 2.45) is 0 Å². The molecule has 3 rings (SSSR count). The molecular weight excluding hydrogens is 272 g/mol. The number of fused-ring (bicyclic) bond motifs is 2. The SMILES string of the molecule is CCCCC(O)COc1c2ccccc2cc2ccccc12. The van der Waals surface area contributed by atoms with Crippen LogP contribution in [0, 0.1) is 0 Å². The second-order valence-electron chi connectivity index (χ2n) is 5.76. The number of benzene rings is 3. The molecule has 3 aromatic rings. The molecule has 0 amide bonds. The Bertz CT molecular complexity index is 710. The minimum absolute atomic E-state index is 0.345. The molecule has 114 valence electrons. The van der Waals surface area contributed by atoms with Gasteiger partial charge < -0.3 is 9.84 Å². The van der Waals surface area contributed by atoms with E-state index in [1.54, 1.807) is 0 Å². The van der Waals surface area contributed by atoms with Gasteiger partial charge in [0.25, 0.3) is 0 Å². The normalized spacial score (nSPS) is 12.6. The number of hydrogen-bond donors (Lipinski definition) is 1. The summed E-state index contributed by atoms with van der Waals surface area (Å²) in [6.45, 7) is 2.48. The molecule has 22 heavy (non-hydrogen) atoms. The van der Waals surface area contributed by atoms with Crippen LogP contribution in [-0.2, 0) is 0 Å². The highest BCUT2D eigenvalue weighted by atomic mass is 16.5. The van der Waals surface area contributed by atoms with E-state index in [0.717, 1.165) is 35.8 Å². The van der Waals surface area contributed by atoms with E-state index in [2.05, 4.69) is 37.3 Å². The predicted molar refractivity (Wildman–Crippen MR) is 92.5 cm³/mol. The van der Waals surface area contributed by atoms with Crippen LogP contribution in [0.4, 0.5) is 0 Å². The van der Waals surface area contributed by atoms with Gasteiger partial charge in [0.2, 0.25) is 0 Å². The second-order valence-corrected chi connectivity index (χ2v) is 5.76. The largest absolute Gasteiger partial charge is 0.490 e. The van der Waals surface area contributed by atoms with Gasteiger partial charge in [-0.1, -0.05) is 68.3 Å². The maximum Gasteiger partial charge on any atom is 0.135 e. The minimum Gasteiger partial charge on any atom is -0.490 e. The fourth-order valence-electron chi connectivity index (χ4n) is 2.83. The van der Waals surface area contributed by atoms with Crippen molar-refractivity contribution in [2.75, 3.05) is 6.61 Å². The molecule has 0 saturated heterocycles. The number of hydrogen-bond acceptors (Lipinski definition) is 2. The Hall–Kier alpha value is -2.06. The molecule has 1 unspecified atom stereocenters. The van der Waals surface area contributed by atoms with Crippen LogP contribution >= 0.6 is 0 Å². The zero-order valence-corrected chi connectivity index (χ0v) is 13.0. The van der Waals surface area contributed by atoms with Crippen LogP contribution in [0.5, 0.6) is 5.75 Å². The molecule has 2 heteroatoms. The van der Waals surface area contributed by atoms with Crippen molar-refractivity contribution < 1.29 is 9.84 Å². The summed E-state index contributed by atoms with van der Waals surface area (Å²) < 4.78 is 6.04. The van der Waals surface area contributed by atoms with Gasteiger partial charge >= 0.3 is 0 Å². The number of ether oxygens (including phenoxy) is 1. The fourth-order valence-corrected chi connectivity index (χ4v) is 2.83. The molecule has 0 fully saturated rings. The van der Waals surface area contributed by atoms with Gasteiger partial charge in [-0.2, -0.15) is 0 Å². The molecule has 0 aliphatic heterocycles. The molecule has 3 aromatic carbocycles. The van der Waals surface area contributed by atoms with Gasteiger partial charge in [-0.15, -0.1) is 0 Å². The summed E-state index contributed by atoms with van der Waals surface area (Å²) in [4.78, 5) is 0. The second kappa shape index (κ2) is 6.80. The van der Waals surface area contributed by atoms with Crippen molar-refractivity contribution in [3.05, 3.63) is 54.6 Å². The van der Waals surface area contributed by atoms with E-state index >= 15 is 0 Å². The average molecular weight is 294 g/mol. The van der Waals surface area contributed by atoms with Crippen LogP contribution in [0.25, 0.3) is 21.5 Å². The Balaban J connectivity index is 1.97. The van der Waals surface area contributed by atoms with E-state index in [1.165, 1.54) is 10.8 Å². The highest BCUT2D eigenvalue weighted by molar-refractivity contribution is 6.05. The number of aliphatic hydroxyl groups excluding tert-OH is 1. The first-order chi connectivity index (χ1) is 10.8. The van der Waals surface area contributed by atoms with E-state index in [-0.39, 0.29) is 0 Å². The Morgan fingerprint density at radius 3 is 2.14 bits per heavy atom. The van der Waals surface area contributed by atoms with E-state index in [9.17, 15) is 5.11 Å². The van der Waals surface area contributed by atoms with Crippen LogP contribution in [0.15, 0.2) is 54.6 Å². The smallest absolute Gasteiger partial charge is 0.135 e. The summed E-state index contributed by atoms with van der Waals surface area (Å²) in [5.41, 5.74) is 0. The lowest BCUT2D eigenvalue weighted by Crippen LogP contribution is -2.17. The molecule has 0 bridgehead atoms. The van der Waals surface area contributed by atoms with E-state index in [1.807, 2.05) is 24.3 Å². The van der Waals surface area contributed by atoms with Crippen molar-refractivity contribution in [3.63, 3.8) is 0 Å². The topological polar surface area (TPSA) is 29.5 Å². The molecule has 0 spiro atoms. The lowest BCUT2D eigenvalue weighted by molar-refractivity contribution is 0.0995. The van der Waals surface area contributed by atoms with E-state index in [4.69, 9.17) is 4.74 Å². The average Bonchev–Trinajstić information content (AvgIpc) is 2.56. The van der Waals surface area contributed by atoms with Gasteiger partial charge in [0.1, 0.15) is 12.4 Å². The maximum absolute atomic E-state index is 10.1. The van der Waals surface area contributed by atoms with Crippen molar-refractivity contribution in [3.8, 4) is 5.75 Å². The lowest BCUT2D eigenvalue weighted by atomic mass is 10.0. The Morgan fingerprint density at radius 1 is 0.955 bits per heavy atom. The van der Waals surface area contributed by atoms with Gasteiger partial charge in [-0.3, -0.25) is 0 Å². The van der Waals surface area contributed by atoms with E-state index < -0.39 is 6.10 Å². The first kappa shape index (κ1) is 14.9. The summed E-state index contributed by atoms with van der Waals surface area (Å²) in [5.74, 6) is 0.879. The van der Waals surface area contributed by atoms with Crippen molar-refractivity contribution in [2.45, 2.75) is 32.3 Å². The summed E-state index contributed by atoms with van der Waals surface area (Å²) in [7, 11) is 0. The molecule has 0 saturated carbocycles. The third-order valence-electron chi connectivity index (χ3n) is 4.03. The van der Waals surface area contributed by atoms with Gasteiger partial charge in [0, 0.05) is 10.8 Å². The minimum atomic E-state index is -0.405. The van der Waals surface area contributed by atoms with Crippen molar-refractivity contribution in [1.82, 2.24) is 0 Å². The van der Waals surface area contributed by atoms with Crippen LogP contribution < -0.4 is 4.74 Å². The highest BCUT2D eigenvalue weighted by Crippen LogP contribution is 2.34. The monoisotopic (exact) mass is 294 g/mol. The molecular formula is C20H22O2. The highest BCUT2D eigenvalue weighted by Gasteiger charge is 2.11. The summed E-state index contributed by atoms with van der Waals surface area (Å²) in [5, 5.41) is 14.6. The number of unbranched alkanes of at least 4 members (excludes halogenated alkanes) is 1. The summed E-state index contributed by atoms with van der Waals surface area (Å²) >= 11 is 0. The quantitative estimate of drug-likeness (QED) is 0.654. The molecule has 1 atom stereocenters. The third kappa shape index (κ3) is 3.07. The fraction of sp³-hybridized carbons (Fsp3) is 0.300. The molecule has 0 aliphatic carbocycles. The van der Waals surface area contributed by atoms with Gasteiger partial charge in [-0.05, 0) is 23.3 Å². The molecule has 0 radical (unpaired) electrons. The van der Waals surface area contributed by atoms with Crippen LogP contribution in [0.2, 0.25) is 0 Å². The standard InChI is InChI=1S/C20H22O2/c1-2-3-10-17(21)14-22-20-18-11-6-4-8-15(18)13-16-9-5-7-12-19(16)20/h4-9,11-13,17,21H,2-3,10,14H2,1H3. The van der Waals surface area contributed by atoms with Gasteiger partial charge in [0.05, 0.1) is 6.10 Å². The molecule has 0 aromatic heterocycles. The molecule has 2 nitrogen and oxygen atoms in total. The van der Waals surface area contributed by atoms with Crippen LogP contribution in [-0.4, -0.2) is 17.8 Å². The first-order valence-corrected chi connectivity index (χ1v) is 8.01. The van der Waals surface area contributed by atoms with E-state index in [0.29, 0.717) is 6.61 Å². The Labute approximate surface area is 131 Å². The summed E-state index contributed by atoms with van der Waals surface area (Å²) in [6.07, 6.45) is 2.51. The van der Waals surface area contributed by atoms with Crippen LogP contribution in [0.3, 0.4) is 0 Å². The zero-order valence-electron chi connectivity index (χ0n) is 13.0. The Kier molecular flexibility index (Phi) is 4.59. The number of aliphatic hydroxyl groups is 1. The maximum atomic E-state index is 10.1. The molecule has 1 N–H and O–H groups in total. The number of rotatable bonds is 6. The predicted octanol–water partition coefficient (Wildman–Crippen LogP) is 4.92. The molecule has 0 aliphatic rings. The van der Waals surface area contributed by atoms with Crippen molar-refractivity contribution in [1.29, 1.82) is 0 Å². The third-order valence-corrected chi connectivity index (χ3v) is 4.03. The first-order valence-electron chi connectivity index (χ1n) is 8.01. The zero-order chi connectivity index (χ0) is 15.4. The van der Waals surface area contributed by atoms with Gasteiger partial charge in [-0.25, -0.2) is 0 Å². The summed E-state index contributed by atoms with van der Waals surface area (Å²) in [6, 6.07) is 18.7. The lowest BCUT2D eigenvalue weighted by Gasteiger charge is -2.16. The van der Waals surface area contributed by atoms with Crippen LogP contribution in [0.1, 0.15) is 26.2 Å². The van der Waals surface area contributed by atoms with Crippen molar-refractivity contribution >= 4 is 21.5 Å². The molecule has 0 heterocycles. The Morgan fingerprint density at radius 2 is 1.55 bits per heavy atom.